The summed E-state index contributed by atoms with van der Waals surface area (Å²) in [6.07, 6.45) is 3.45. The summed E-state index contributed by atoms with van der Waals surface area (Å²) in [7, 11) is 0. The van der Waals surface area contributed by atoms with E-state index in [2.05, 4.69) is 4.98 Å². The summed E-state index contributed by atoms with van der Waals surface area (Å²) in [6.45, 7) is -0.800. The van der Waals surface area contributed by atoms with Gasteiger partial charge in [0.15, 0.2) is 0 Å². The normalized spacial score (nSPS) is 23.5. The molecule has 1 saturated heterocycles. The van der Waals surface area contributed by atoms with Crippen molar-refractivity contribution in [3.63, 3.8) is 0 Å². The van der Waals surface area contributed by atoms with Gasteiger partial charge < -0.3 is 14.0 Å². The number of aromatic nitrogens is 2. The maximum absolute atomic E-state index is 12.5. The maximum atomic E-state index is 12.5. The average Bonchev–Trinajstić information content (AvgIpc) is 3.13. The number of esters is 1. The van der Waals surface area contributed by atoms with Crippen LogP contribution in [-0.2, 0) is 27.4 Å². The molecular weight excluding hydrogens is 325 g/mol. The Labute approximate surface area is 138 Å². The number of carbonyl (C=O) groups is 1. The highest BCUT2D eigenvalue weighted by molar-refractivity contribution is 5.72. The largest absolute Gasteiger partial charge is 0.459 e. The van der Waals surface area contributed by atoms with Crippen LogP contribution in [0.1, 0.15) is 44.2 Å². The molecule has 1 unspecified atom stereocenters. The Balaban J connectivity index is 1.55. The van der Waals surface area contributed by atoms with Crippen molar-refractivity contribution >= 4 is 5.97 Å². The number of rotatable bonds is 4. The Morgan fingerprint density at radius 2 is 2.17 bits per heavy atom. The zero-order chi connectivity index (χ0) is 17.2. The molecule has 1 spiro atoms. The molecule has 1 aromatic heterocycles. The zero-order valence-corrected chi connectivity index (χ0v) is 13.3. The van der Waals surface area contributed by atoms with Gasteiger partial charge in [0.1, 0.15) is 13.2 Å². The van der Waals surface area contributed by atoms with Crippen LogP contribution in [0.3, 0.4) is 0 Å². The van der Waals surface area contributed by atoms with Gasteiger partial charge >= 0.3 is 12.1 Å². The fraction of sp³-hybridized carbons (Fsp3) is 0.750. The van der Waals surface area contributed by atoms with Crippen LogP contribution in [-0.4, -0.2) is 33.9 Å². The molecule has 0 amide bonds. The number of nitrogens with zero attached hydrogens (tertiary/aromatic N) is 2. The molecule has 5 nitrogen and oxygen atoms in total. The lowest BCUT2D eigenvalue weighted by molar-refractivity contribution is -0.162. The molecule has 2 heterocycles. The first-order valence-corrected chi connectivity index (χ1v) is 8.23. The van der Waals surface area contributed by atoms with Gasteiger partial charge in [0.05, 0.1) is 29.7 Å². The molecule has 2 fully saturated rings. The van der Waals surface area contributed by atoms with Crippen molar-refractivity contribution in [1.82, 2.24) is 9.55 Å². The van der Waals surface area contributed by atoms with E-state index in [0.29, 0.717) is 19.4 Å². The van der Waals surface area contributed by atoms with Gasteiger partial charge in [-0.3, -0.25) is 4.79 Å². The summed E-state index contributed by atoms with van der Waals surface area (Å²) in [6, 6.07) is 0. The molecule has 24 heavy (non-hydrogen) atoms. The second kappa shape index (κ2) is 6.74. The number of imidazole rings is 1. The molecular formula is C16H21F3N2O3. The van der Waals surface area contributed by atoms with Gasteiger partial charge in [-0.05, 0) is 25.7 Å². The van der Waals surface area contributed by atoms with E-state index in [4.69, 9.17) is 9.47 Å². The van der Waals surface area contributed by atoms with Gasteiger partial charge in [-0.15, -0.1) is 0 Å². The highest BCUT2D eigenvalue weighted by atomic mass is 19.4. The Hall–Kier alpha value is -1.57. The fourth-order valence-corrected chi connectivity index (χ4v) is 3.66. The van der Waals surface area contributed by atoms with Crippen LogP contribution in [0.5, 0.6) is 0 Å². The predicted molar refractivity (Wildman–Crippen MR) is 78.0 cm³/mol. The van der Waals surface area contributed by atoms with Crippen molar-refractivity contribution < 1.29 is 27.4 Å². The van der Waals surface area contributed by atoms with Gasteiger partial charge in [-0.1, -0.05) is 12.8 Å². The third kappa shape index (κ3) is 4.09. The number of hydrogen-bond acceptors (Lipinski definition) is 4. The third-order valence-corrected chi connectivity index (χ3v) is 4.85. The molecule has 134 valence electrons. The minimum absolute atomic E-state index is 0.194. The van der Waals surface area contributed by atoms with Crippen molar-refractivity contribution in [1.29, 1.82) is 0 Å². The minimum atomic E-state index is -4.34. The van der Waals surface area contributed by atoms with Gasteiger partial charge in [-0.25, -0.2) is 4.98 Å². The minimum Gasteiger partial charge on any atom is -0.459 e. The number of alkyl halides is 3. The summed E-state index contributed by atoms with van der Waals surface area (Å²) in [5, 5.41) is 0. The van der Waals surface area contributed by atoms with Crippen molar-refractivity contribution in [3.8, 4) is 0 Å². The van der Waals surface area contributed by atoms with E-state index in [1.54, 1.807) is 0 Å². The lowest BCUT2D eigenvalue weighted by Gasteiger charge is -2.37. The quantitative estimate of drug-likeness (QED) is 0.786. The van der Waals surface area contributed by atoms with Crippen LogP contribution in [0, 0.1) is 5.92 Å². The summed E-state index contributed by atoms with van der Waals surface area (Å²) in [5.41, 5.74) is 0.0447. The van der Waals surface area contributed by atoms with Crippen LogP contribution in [0.2, 0.25) is 0 Å². The number of halogens is 3. The molecule has 0 aromatic carbocycles. The van der Waals surface area contributed by atoms with Crippen LogP contribution in [0.25, 0.3) is 0 Å². The molecule has 1 atom stereocenters. The highest BCUT2D eigenvalue weighted by Crippen LogP contribution is 2.42. The molecule has 0 N–H and O–H groups in total. The molecule has 1 aromatic rings. The van der Waals surface area contributed by atoms with E-state index in [-0.39, 0.29) is 29.8 Å². The first kappa shape index (κ1) is 17.3. The molecule has 1 aliphatic carbocycles. The van der Waals surface area contributed by atoms with Gasteiger partial charge in [0.2, 0.25) is 0 Å². The van der Waals surface area contributed by atoms with Crippen molar-refractivity contribution in [2.45, 2.75) is 63.5 Å². The summed E-state index contributed by atoms with van der Waals surface area (Å²) >= 11 is 0. The monoisotopic (exact) mass is 346 g/mol. The lowest BCUT2D eigenvalue weighted by Crippen LogP contribution is -2.40. The van der Waals surface area contributed by atoms with Crippen molar-refractivity contribution in [2.75, 3.05) is 6.61 Å². The molecule has 2 aliphatic rings. The topological polar surface area (TPSA) is 53.3 Å². The highest BCUT2D eigenvalue weighted by Gasteiger charge is 2.42. The average molecular weight is 346 g/mol. The Bertz CT molecular complexity index is 579. The zero-order valence-electron chi connectivity index (χ0n) is 13.3. The molecule has 3 rings (SSSR count). The molecule has 1 aliphatic heterocycles. The van der Waals surface area contributed by atoms with Gasteiger partial charge in [-0.2, -0.15) is 13.2 Å². The summed E-state index contributed by atoms with van der Waals surface area (Å²) in [5.74, 6) is -0.597. The lowest BCUT2D eigenvalue weighted by atomic mass is 9.84. The van der Waals surface area contributed by atoms with Crippen LogP contribution in [0.4, 0.5) is 13.2 Å². The molecule has 0 bridgehead atoms. The van der Waals surface area contributed by atoms with Gasteiger partial charge in [0.25, 0.3) is 0 Å². The SMILES string of the molecule is O=C(OCc1cncn1CC(F)(F)F)C1CCOC2(CCCC2)C1. The van der Waals surface area contributed by atoms with Gasteiger partial charge in [0, 0.05) is 6.61 Å². The van der Waals surface area contributed by atoms with Crippen molar-refractivity contribution in [2.24, 2.45) is 5.92 Å². The van der Waals surface area contributed by atoms with Crippen LogP contribution in [0.15, 0.2) is 12.5 Å². The molecule has 8 heteroatoms. The van der Waals surface area contributed by atoms with E-state index in [1.807, 2.05) is 0 Å². The van der Waals surface area contributed by atoms with E-state index < -0.39 is 12.7 Å². The standard InChI is InChI=1S/C16H21F3N2O3/c17-16(18,19)10-21-11-20-8-13(21)9-23-14(22)12-3-6-24-15(7-12)4-1-2-5-15/h8,11-12H,1-7,9-10H2. The molecule has 0 radical (unpaired) electrons. The number of hydrogen-bond donors (Lipinski definition) is 0. The summed E-state index contributed by atoms with van der Waals surface area (Å²) in [4.78, 5) is 16.0. The third-order valence-electron chi connectivity index (χ3n) is 4.85. The number of carbonyl (C=O) groups excluding carboxylic acids is 1. The van der Waals surface area contributed by atoms with Crippen molar-refractivity contribution in [3.05, 3.63) is 18.2 Å². The fourth-order valence-electron chi connectivity index (χ4n) is 3.66. The Morgan fingerprint density at radius 1 is 1.42 bits per heavy atom. The van der Waals surface area contributed by atoms with E-state index in [1.165, 1.54) is 6.20 Å². The first-order chi connectivity index (χ1) is 11.4. The smallest absolute Gasteiger partial charge is 0.406 e. The molecule has 1 saturated carbocycles. The number of ether oxygens (including phenoxy) is 2. The second-order valence-corrected chi connectivity index (χ2v) is 6.66. The van der Waals surface area contributed by atoms with E-state index in [0.717, 1.165) is 36.6 Å². The van der Waals surface area contributed by atoms with Crippen LogP contribution < -0.4 is 0 Å². The first-order valence-electron chi connectivity index (χ1n) is 8.23. The van der Waals surface area contributed by atoms with E-state index >= 15 is 0 Å². The van der Waals surface area contributed by atoms with Crippen LogP contribution >= 0.6 is 0 Å². The Kier molecular flexibility index (Phi) is 4.85. The van der Waals surface area contributed by atoms with E-state index in [9.17, 15) is 18.0 Å². The predicted octanol–water partition coefficient (Wildman–Crippen LogP) is 3.23. The maximum Gasteiger partial charge on any atom is 0.406 e. The summed E-state index contributed by atoms with van der Waals surface area (Å²) < 4.78 is 49.6. The Morgan fingerprint density at radius 3 is 2.88 bits per heavy atom. The second-order valence-electron chi connectivity index (χ2n) is 6.66.